The number of carbonyl (C=O) groups excluding carboxylic acids is 6. The number of esters is 6. The second-order valence-electron chi connectivity index (χ2n) is 22.5. The lowest BCUT2D eigenvalue weighted by Gasteiger charge is -2.51. The van der Waals surface area contributed by atoms with Crippen molar-refractivity contribution in [1.82, 2.24) is 0 Å². The van der Waals surface area contributed by atoms with E-state index in [1.54, 1.807) is 84.9 Å². The summed E-state index contributed by atoms with van der Waals surface area (Å²) in [5.41, 5.74) is 2.78. The highest BCUT2D eigenvalue weighted by Crippen LogP contribution is 2.40. The van der Waals surface area contributed by atoms with Crippen LogP contribution in [0.3, 0.4) is 0 Å². The van der Waals surface area contributed by atoms with Crippen LogP contribution in [0.5, 0.6) is 0 Å². The van der Waals surface area contributed by atoms with Crippen molar-refractivity contribution >= 4 is 35.8 Å². The third-order valence-corrected chi connectivity index (χ3v) is 15.8. The zero-order valence-electron chi connectivity index (χ0n) is 54.1. The van der Waals surface area contributed by atoms with Crippen LogP contribution in [-0.4, -0.2) is 201 Å². The van der Waals surface area contributed by atoms with Gasteiger partial charge >= 0.3 is 35.8 Å². The number of methoxy groups -OCH3 is 4. The molecule has 4 fully saturated rings. The lowest BCUT2D eigenvalue weighted by molar-refractivity contribution is -0.393. The third kappa shape index (κ3) is 20.1. The maximum Gasteiger partial charge on any atom is 0.338 e. The Morgan fingerprint density at radius 2 is 0.723 bits per heavy atom. The Hall–Kier alpha value is -6.90. The van der Waals surface area contributed by atoms with E-state index in [1.165, 1.54) is 42.3 Å². The van der Waals surface area contributed by atoms with Crippen LogP contribution in [0, 0.1) is 5.92 Å². The Morgan fingerprint density at radius 3 is 1.17 bits per heavy atom. The Morgan fingerprint density at radius 1 is 0.340 bits per heavy atom. The molecule has 4 aliphatic rings. The molecule has 0 radical (unpaired) electrons. The minimum absolute atomic E-state index is 0.0992. The van der Waals surface area contributed by atoms with Gasteiger partial charge in [-0.15, -0.1) is 0 Å². The van der Waals surface area contributed by atoms with Crippen LogP contribution in [-0.2, 0) is 155 Å². The molecular weight excluding hydrogens is 1240 g/mol. The number of rotatable bonds is 31. The van der Waals surface area contributed by atoms with Crippen molar-refractivity contribution in [3.05, 3.63) is 144 Å². The SMILES string of the molecule is COC1C(OC)[C@H](C)[C@H](COOCc2ccccc2)O[C@@H]1O[C@@H]1C(COC(C)=O)O[C@@H](O[C@H]2C(C(=O)OCc3ccccc3)O[C@@H](O[C@@H]3C(COC(C)=O)OC(OC(C)=O)C(OCc4ccccc4)C3OC(C)=O)[C@@H](OC)C2OC)C(OCc2ccccc2)[C@H]1OC(C)=O. The Kier molecular flexibility index (Phi) is 28.1. The summed E-state index contributed by atoms with van der Waals surface area (Å²) in [6.07, 6.45) is -27.1. The van der Waals surface area contributed by atoms with Gasteiger partial charge in [0.2, 0.25) is 6.29 Å². The van der Waals surface area contributed by atoms with Crippen molar-refractivity contribution in [2.45, 2.75) is 185 Å². The number of hydrogen-bond acceptors (Lipinski definition) is 27. The number of ether oxygens (including phenoxy) is 19. The first kappa shape index (κ1) is 72.9. The summed E-state index contributed by atoms with van der Waals surface area (Å²) in [6, 6.07) is 36.1. The van der Waals surface area contributed by atoms with E-state index in [1.807, 2.05) is 43.3 Å². The van der Waals surface area contributed by atoms with Crippen LogP contribution in [0.1, 0.15) is 63.8 Å². The Labute approximate surface area is 545 Å². The van der Waals surface area contributed by atoms with Crippen molar-refractivity contribution in [2.24, 2.45) is 5.92 Å². The summed E-state index contributed by atoms with van der Waals surface area (Å²) in [5.74, 6) is -5.33. The minimum atomic E-state index is -1.89. The van der Waals surface area contributed by atoms with Gasteiger partial charge in [-0.3, -0.25) is 24.0 Å². The molecule has 4 aliphatic heterocycles. The lowest BCUT2D eigenvalue weighted by Crippen LogP contribution is -2.69. The predicted octanol–water partition coefficient (Wildman–Crippen LogP) is 5.35. The Balaban J connectivity index is 1.18. The van der Waals surface area contributed by atoms with E-state index in [0.29, 0.717) is 16.7 Å². The van der Waals surface area contributed by atoms with Crippen LogP contribution in [0.15, 0.2) is 121 Å². The van der Waals surface area contributed by atoms with Crippen LogP contribution in [0.25, 0.3) is 0 Å². The zero-order chi connectivity index (χ0) is 67.3. The maximum atomic E-state index is 15.1. The summed E-state index contributed by atoms with van der Waals surface area (Å²) < 4.78 is 120. The molecule has 20 atom stereocenters. The molecular formula is C67H84O27. The molecule has 0 aliphatic carbocycles. The molecule has 0 N–H and O–H groups in total. The molecule has 4 aromatic carbocycles. The zero-order valence-corrected chi connectivity index (χ0v) is 54.1. The van der Waals surface area contributed by atoms with E-state index in [9.17, 15) is 24.0 Å². The fourth-order valence-corrected chi connectivity index (χ4v) is 11.4. The summed E-state index contributed by atoms with van der Waals surface area (Å²) in [6.45, 7) is 6.03. The number of hydrogen-bond donors (Lipinski definition) is 0. The molecule has 0 saturated carbocycles. The molecule has 4 heterocycles. The smallest absolute Gasteiger partial charge is 0.338 e. The van der Waals surface area contributed by atoms with Gasteiger partial charge in [0.15, 0.2) is 43.3 Å². The fraction of sp³-hybridized carbons (Fsp3) is 0.552. The highest BCUT2D eigenvalue weighted by atomic mass is 17.2. The Bertz CT molecular complexity index is 2980. The molecule has 4 aromatic rings. The summed E-state index contributed by atoms with van der Waals surface area (Å²) >= 11 is 0. The van der Waals surface area contributed by atoms with Gasteiger partial charge in [-0.2, -0.15) is 0 Å². The first-order valence-corrected chi connectivity index (χ1v) is 30.7. The predicted molar refractivity (Wildman–Crippen MR) is 321 cm³/mol. The topological polar surface area (TPSA) is 296 Å². The monoisotopic (exact) mass is 1320 g/mol. The summed E-state index contributed by atoms with van der Waals surface area (Å²) in [5, 5.41) is 0. The largest absolute Gasteiger partial charge is 0.463 e. The highest BCUT2D eigenvalue weighted by molar-refractivity contribution is 5.76. The molecule has 10 unspecified atom stereocenters. The summed E-state index contributed by atoms with van der Waals surface area (Å²) in [4.78, 5) is 91.4. The van der Waals surface area contributed by atoms with Crippen molar-refractivity contribution in [3.63, 3.8) is 0 Å². The summed E-state index contributed by atoms with van der Waals surface area (Å²) in [7, 11) is 5.54. The molecule has 514 valence electrons. The fourth-order valence-electron chi connectivity index (χ4n) is 11.4. The van der Waals surface area contributed by atoms with Gasteiger partial charge in [-0.25, -0.2) is 14.6 Å². The molecule has 27 nitrogen and oxygen atoms in total. The van der Waals surface area contributed by atoms with E-state index in [2.05, 4.69) is 0 Å². The van der Waals surface area contributed by atoms with Gasteiger partial charge < -0.3 is 90.0 Å². The average Bonchev–Trinajstić information content (AvgIpc) is 0.813. The van der Waals surface area contributed by atoms with Gasteiger partial charge in [0.05, 0.1) is 25.4 Å². The second-order valence-corrected chi connectivity index (χ2v) is 22.5. The lowest BCUT2D eigenvalue weighted by atomic mass is 9.90. The van der Waals surface area contributed by atoms with Crippen LogP contribution >= 0.6 is 0 Å². The minimum Gasteiger partial charge on any atom is -0.463 e. The van der Waals surface area contributed by atoms with E-state index in [-0.39, 0.29) is 39.0 Å². The first-order chi connectivity index (χ1) is 45.4. The molecule has 0 spiro atoms. The van der Waals surface area contributed by atoms with Gasteiger partial charge in [-0.1, -0.05) is 128 Å². The molecule has 27 heteroatoms. The van der Waals surface area contributed by atoms with Gasteiger partial charge in [0.1, 0.15) is 88.0 Å². The van der Waals surface area contributed by atoms with E-state index in [4.69, 9.17) is 99.8 Å². The van der Waals surface area contributed by atoms with Crippen molar-refractivity contribution in [3.8, 4) is 0 Å². The van der Waals surface area contributed by atoms with Crippen molar-refractivity contribution in [1.29, 1.82) is 0 Å². The molecule has 94 heavy (non-hydrogen) atoms. The molecule has 4 saturated heterocycles. The number of benzene rings is 4. The average molecular weight is 1320 g/mol. The van der Waals surface area contributed by atoms with Crippen LogP contribution in [0.4, 0.5) is 0 Å². The third-order valence-electron chi connectivity index (χ3n) is 15.8. The molecule has 0 aromatic heterocycles. The quantitative estimate of drug-likeness (QED) is 0.0201. The van der Waals surface area contributed by atoms with Crippen molar-refractivity contribution in [2.75, 3.05) is 48.3 Å². The van der Waals surface area contributed by atoms with Gasteiger partial charge in [0, 0.05) is 69.0 Å². The first-order valence-electron chi connectivity index (χ1n) is 30.7. The second kappa shape index (κ2) is 36.3. The van der Waals surface area contributed by atoms with Crippen LogP contribution in [0.2, 0.25) is 0 Å². The van der Waals surface area contributed by atoms with Gasteiger partial charge in [0.25, 0.3) is 0 Å². The normalized spacial score (nSPS) is 30.9. The number of carbonyl (C=O) groups is 6. The van der Waals surface area contributed by atoms with Crippen molar-refractivity contribution < 1.29 is 129 Å². The van der Waals surface area contributed by atoms with E-state index < -0.39 is 166 Å². The standard InChI is InChI=1S/C67H84O27/c1-38-48(37-84-83-34-47-29-21-14-22-30-47)88-64(59(76-9)51(38)74-7)91-52-50(36-79-40(3)69)90-67(62(56(52)86-42(5)71)81-32-45-25-17-12-18-26-45)93-57-54(75-8)60(77-10)65(94-58(57)63(73)82-33-46-27-19-13-20-28-46)92-53-49(35-78-39(2)68)89-66(87-43(6)72)61(55(53)85-41(4)70)80-31-44-23-15-11-16-24-44/h11-30,38,48-62,64-67H,31-37H2,1-10H3/t38-,48+,49?,50?,51?,52-,53-,54?,55?,56+,57-,58?,59?,60+,61?,62?,64-,65-,66?,67+/m1/s1. The molecule has 0 bridgehead atoms. The van der Waals surface area contributed by atoms with E-state index in [0.717, 1.165) is 26.3 Å². The highest BCUT2D eigenvalue weighted by Gasteiger charge is 2.60. The van der Waals surface area contributed by atoms with E-state index >= 15 is 4.79 Å². The molecule has 0 amide bonds. The van der Waals surface area contributed by atoms with Crippen LogP contribution < -0.4 is 0 Å². The van der Waals surface area contributed by atoms with Gasteiger partial charge in [-0.05, 0) is 22.3 Å². The maximum absolute atomic E-state index is 15.1. The molecule has 8 rings (SSSR count).